The molecule has 0 saturated heterocycles. The second-order valence-electron chi connectivity index (χ2n) is 5.41. The fourth-order valence-electron chi connectivity index (χ4n) is 2.89. The number of carbonyl (C=O) groups excluding carboxylic acids is 1. The van der Waals surface area contributed by atoms with E-state index in [9.17, 15) is 4.79 Å². The van der Waals surface area contributed by atoms with Gasteiger partial charge >= 0.3 is 0 Å². The third-order valence-corrected chi connectivity index (χ3v) is 5.03. The van der Waals surface area contributed by atoms with Crippen molar-refractivity contribution in [1.29, 1.82) is 0 Å². The molecule has 1 aliphatic carbocycles. The van der Waals surface area contributed by atoms with Crippen LogP contribution in [-0.4, -0.2) is 23.9 Å². The van der Waals surface area contributed by atoms with Crippen LogP contribution in [0.3, 0.4) is 0 Å². The maximum atomic E-state index is 12.6. The van der Waals surface area contributed by atoms with Gasteiger partial charge in [0.2, 0.25) is 0 Å². The van der Waals surface area contributed by atoms with Crippen LogP contribution in [0, 0.1) is 5.92 Å². The third kappa shape index (κ3) is 3.34. The third-order valence-electron chi connectivity index (χ3n) is 4.06. The topological polar surface area (TPSA) is 20.3 Å². The van der Waals surface area contributed by atoms with Gasteiger partial charge in [0.1, 0.15) is 0 Å². The molecule has 2 rings (SSSR count). The zero-order chi connectivity index (χ0) is 14.0. The first-order valence-corrected chi connectivity index (χ1v) is 8.00. The molecule has 2 nitrogen and oxygen atoms in total. The molecular formula is C15H20BrNOS. The molecule has 0 aromatic heterocycles. The van der Waals surface area contributed by atoms with Crippen molar-refractivity contribution in [3.8, 4) is 0 Å². The summed E-state index contributed by atoms with van der Waals surface area (Å²) in [6, 6.07) is 5.96. The van der Waals surface area contributed by atoms with Gasteiger partial charge in [0.25, 0.3) is 5.91 Å². The molecule has 1 aromatic rings. The predicted octanol–water partition coefficient (Wildman–Crippen LogP) is 4.39. The lowest BCUT2D eigenvalue weighted by atomic mass is 9.85. The van der Waals surface area contributed by atoms with Gasteiger partial charge in [-0.05, 0) is 52.9 Å². The minimum Gasteiger partial charge on any atom is -0.338 e. The van der Waals surface area contributed by atoms with Crippen LogP contribution in [0.4, 0.5) is 0 Å². The Morgan fingerprint density at radius 2 is 2.05 bits per heavy atom. The fourth-order valence-corrected chi connectivity index (χ4v) is 3.51. The number of nitrogens with zero attached hydrogens (tertiary/aromatic N) is 1. The summed E-state index contributed by atoms with van der Waals surface area (Å²) >= 11 is 7.77. The Kier molecular flexibility index (Phi) is 4.96. The van der Waals surface area contributed by atoms with Crippen molar-refractivity contribution in [2.24, 2.45) is 5.92 Å². The molecule has 1 amide bonds. The standard InChI is InChI=1S/C15H20BrNOS/c1-10-5-3-4-6-14(10)17(2)15(18)12-9-11(19)7-8-13(12)16/h7-10,14,19H,3-6H2,1-2H3. The number of halogens is 1. The summed E-state index contributed by atoms with van der Waals surface area (Å²) in [4.78, 5) is 15.4. The Morgan fingerprint density at radius 3 is 2.74 bits per heavy atom. The first-order valence-electron chi connectivity index (χ1n) is 6.76. The summed E-state index contributed by atoms with van der Waals surface area (Å²) in [6.07, 6.45) is 4.84. The molecule has 0 aliphatic heterocycles. The molecule has 1 aliphatic rings. The van der Waals surface area contributed by atoms with Gasteiger partial charge in [0.05, 0.1) is 5.56 Å². The van der Waals surface area contributed by atoms with E-state index in [1.165, 1.54) is 19.3 Å². The summed E-state index contributed by atoms with van der Waals surface area (Å²) in [6.45, 7) is 2.25. The van der Waals surface area contributed by atoms with Gasteiger partial charge in [-0.1, -0.05) is 19.8 Å². The van der Waals surface area contributed by atoms with Crippen LogP contribution in [0.2, 0.25) is 0 Å². The maximum Gasteiger partial charge on any atom is 0.255 e. The van der Waals surface area contributed by atoms with Crippen molar-refractivity contribution in [3.63, 3.8) is 0 Å². The zero-order valence-electron chi connectivity index (χ0n) is 11.4. The number of amides is 1. The SMILES string of the molecule is CC1CCCCC1N(C)C(=O)c1cc(S)ccc1Br. The zero-order valence-corrected chi connectivity index (χ0v) is 13.9. The smallest absolute Gasteiger partial charge is 0.255 e. The van der Waals surface area contributed by atoms with E-state index in [1.807, 2.05) is 30.1 Å². The highest BCUT2D eigenvalue weighted by Gasteiger charge is 2.29. The lowest BCUT2D eigenvalue weighted by molar-refractivity contribution is 0.0628. The Hall–Kier alpha value is -0.480. The van der Waals surface area contributed by atoms with Gasteiger partial charge in [0, 0.05) is 22.5 Å². The average Bonchev–Trinajstić information content (AvgIpc) is 2.40. The van der Waals surface area contributed by atoms with Crippen molar-refractivity contribution < 1.29 is 4.79 Å². The number of hydrogen-bond donors (Lipinski definition) is 1. The normalized spacial score (nSPS) is 23.2. The van der Waals surface area contributed by atoms with E-state index in [1.54, 1.807) is 0 Å². The van der Waals surface area contributed by atoms with Crippen LogP contribution < -0.4 is 0 Å². The van der Waals surface area contributed by atoms with Gasteiger partial charge in [-0.3, -0.25) is 4.79 Å². The predicted molar refractivity (Wildman–Crippen MR) is 84.9 cm³/mol. The quantitative estimate of drug-likeness (QED) is 0.791. The number of thiol groups is 1. The van der Waals surface area contributed by atoms with E-state index in [-0.39, 0.29) is 5.91 Å². The van der Waals surface area contributed by atoms with Crippen LogP contribution in [-0.2, 0) is 0 Å². The Labute approximate surface area is 129 Å². The van der Waals surface area contributed by atoms with E-state index in [0.717, 1.165) is 15.8 Å². The van der Waals surface area contributed by atoms with E-state index in [0.29, 0.717) is 17.5 Å². The van der Waals surface area contributed by atoms with Crippen molar-refractivity contribution in [3.05, 3.63) is 28.2 Å². The molecule has 2 unspecified atom stereocenters. The van der Waals surface area contributed by atoms with E-state index in [4.69, 9.17) is 0 Å². The summed E-state index contributed by atoms with van der Waals surface area (Å²) in [7, 11) is 1.92. The van der Waals surface area contributed by atoms with Crippen LogP contribution in [0.25, 0.3) is 0 Å². The molecule has 19 heavy (non-hydrogen) atoms. The van der Waals surface area contributed by atoms with Crippen molar-refractivity contribution >= 4 is 34.5 Å². The average molecular weight is 342 g/mol. The highest BCUT2D eigenvalue weighted by atomic mass is 79.9. The number of benzene rings is 1. The highest BCUT2D eigenvalue weighted by Crippen LogP contribution is 2.29. The molecule has 0 bridgehead atoms. The first kappa shape index (κ1) is 14.9. The van der Waals surface area contributed by atoms with Gasteiger partial charge in [-0.2, -0.15) is 0 Å². The molecule has 1 fully saturated rings. The summed E-state index contributed by atoms with van der Waals surface area (Å²) in [5.41, 5.74) is 0.702. The minimum atomic E-state index is 0.0847. The van der Waals surface area contributed by atoms with E-state index < -0.39 is 0 Å². The van der Waals surface area contributed by atoms with Gasteiger partial charge in [-0.25, -0.2) is 0 Å². The van der Waals surface area contributed by atoms with Crippen LogP contribution in [0.5, 0.6) is 0 Å². The summed E-state index contributed by atoms with van der Waals surface area (Å²) < 4.78 is 0.839. The molecule has 2 atom stereocenters. The number of rotatable bonds is 2. The van der Waals surface area contributed by atoms with E-state index in [2.05, 4.69) is 35.5 Å². The van der Waals surface area contributed by atoms with Crippen molar-refractivity contribution in [1.82, 2.24) is 4.90 Å². The van der Waals surface area contributed by atoms with Crippen molar-refractivity contribution in [2.75, 3.05) is 7.05 Å². The molecule has 0 radical (unpaired) electrons. The van der Waals surface area contributed by atoms with Gasteiger partial charge in [-0.15, -0.1) is 12.6 Å². The molecule has 104 valence electrons. The lowest BCUT2D eigenvalue weighted by Crippen LogP contribution is -2.42. The second kappa shape index (κ2) is 6.31. The number of hydrogen-bond acceptors (Lipinski definition) is 2. The molecule has 0 heterocycles. The summed E-state index contributed by atoms with van der Waals surface area (Å²) in [5, 5.41) is 0. The second-order valence-corrected chi connectivity index (χ2v) is 6.78. The molecule has 1 aromatic carbocycles. The maximum absolute atomic E-state index is 12.6. The Balaban J connectivity index is 2.20. The molecule has 0 N–H and O–H groups in total. The Morgan fingerprint density at radius 1 is 1.37 bits per heavy atom. The monoisotopic (exact) mass is 341 g/mol. The largest absolute Gasteiger partial charge is 0.338 e. The molecule has 4 heteroatoms. The molecular weight excluding hydrogens is 322 g/mol. The minimum absolute atomic E-state index is 0.0847. The van der Waals surface area contributed by atoms with E-state index >= 15 is 0 Å². The van der Waals surface area contributed by atoms with Gasteiger partial charge < -0.3 is 4.90 Å². The van der Waals surface area contributed by atoms with Crippen molar-refractivity contribution in [2.45, 2.75) is 43.5 Å². The first-order chi connectivity index (χ1) is 9.00. The van der Waals surface area contributed by atoms with Gasteiger partial charge in [0.15, 0.2) is 0 Å². The highest BCUT2D eigenvalue weighted by molar-refractivity contribution is 9.10. The van der Waals surface area contributed by atoms with Crippen LogP contribution >= 0.6 is 28.6 Å². The fraction of sp³-hybridized carbons (Fsp3) is 0.533. The van der Waals surface area contributed by atoms with Crippen LogP contribution in [0.15, 0.2) is 27.6 Å². The molecule has 0 spiro atoms. The van der Waals surface area contributed by atoms with Crippen LogP contribution in [0.1, 0.15) is 43.0 Å². The number of carbonyl (C=O) groups is 1. The lowest BCUT2D eigenvalue weighted by Gasteiger charge is -2.36. The molecule has 1 saturated carbocycles. The Bertz CT molecular complexity index is 477. The summed E-state index contributed by atoms with van der Waals surface area (Å²) in [5.74, 6) is 0.669.